The van der Waals surface area contributed by atoms with Gasteiger partial charge < -0.3 is 9.63 Å². The van der Waals surface area contributed by atoms with Crippen LogP contribution in [0.15, 0.2) is 4.52 Å². The summed E-state index contributed by atoms with van der Waals surface area (Å²) < 4.78 is 5.48. The van der Waals surface area contributed by atoms with Crippen LogP contribution in [0, 0.1) is 5.92 Å². The van der Waals surface area contributed by atoms with E-state index in [4.69, 9.17) is 4.52 Å². The van der Waals surface area contributed by atoms with Crippen LogP contribution in [0.3, 0.4) is 0 Å². The molecular formula is C16H26N2O2. The number of hydrogen-bond donors (Lipinski definition) is 1. The topological polar surface area (TPSA) is 59.2 Å². The maximum absolute atomic E-state index is 10.1. The van der Waals surface area contributed by atoms with Crippen LogP contribution in [0.4, 0.5) is 0 Å². The first-order valence-corrected chi connectivity index (χ1v) is 8.29. The lowest BCUT2D eigenvalue weighted by molar-refractivity contribution is 0.0908. The third kappa shape index (κ3) is 2.90. The Morgan fingerprint density at radius 1 is 1.15 bits per heavy atom. The van der Waals surface area contributed by atoms with Gasteiger partial charge in [0.1, 0.15) is 0 Å². The van der Waals surface area contributed by atoms with Gasteiger partial charge in [0.05, 0.1) is 12.0 Å². The van der Waals surface area contributed by atoms with Crippen LogP contribution < -0.4 is 0 Å². The summed E-state index contributed by atoms with van der Waals surface area (Å²) in [6, 6.07) is 0. The maximum Gasteiger partial charge on any atom is 0.232 e. The van der Waals surface area contributed by atoms with Gasteiger partial charge in [0.2, 0.25) is 5.89 Å². The first kappa shape index (κ1) is 14.1. The molecule has 2 aliphatic carbocycles. The number of rotatable bonds is 3. The molecule has 4 unspecified atom stereocenters. The number of aromatic nitrogens is 2. The lowest BCUT2D eigenvalue weighted by Gasteiger charge is -2.26. The SMILES string of the molecule is CCC1CCCC(c2noc(C3CCCCC3O)n2)C1. The molecular weight excluding hydrogens is 252 g/mol. The molecule has 4 nitrogen and oxygen atoms in total. The Bertz CT molecular complexity index is 432. The summed E-state index contributed by atoms with van der Waals surface area (Å²) in [7, 11) is 0. The Balaban J connectivity index is 1.69. The van der Waals surface area contributed by atoms with Gasteiger partial charge in [-0.05, 0) is 31.6 Å². The molecule has 1 aromatic rings. The van der Waals surface area contributed by atoms with Crippen molar-refractivity contribution in [1.82, 2.24) is 10.1 Å². The van der Waals surface area contributed by atoms with Crippen molar-refractivity contribution in [3.63, 3.8) is 0 Å². The minimum Gasteiger partial charge on any atom is -0.392 e. The Morgan fingerprint density at radius 3 is 2.80 bits per heavy atom. The summed E-state index contributed by atoms with van der Waals surface area (Å²) in [5, 5.41) is 14.3. The van der Waals surface area contributed by atoms with Gasteiger partial charge in [-0.3, -0.25) is 0 Å². The number of aliphatic hydroxyl groups is 1. The molecule has 0 aromatic carbocycles. The van der Waals surface area contributed by atoms with E-state index in [-0.39, 0.29) is 12.0 Å². The van der Waals surface area contributed by atoms with Crippen LogP contribution in [0.25, 0.3) is 0 Å². The molecule has 0 saturated heterocycles. The van der Waals surface area contributed by atoms with Crippen LogP contribution in [-0.4, -0.2) is 21.4 Å². The third-order valence-corrected chi connectivity index (χ3v) is 5.23. The highest BCUT2D eigenvalue weighted by Crippen LogP contribution is 2.38. The van der Waals surface area contributed by atoms with Crippen LogP contribution >= 0.6 is 0 Å². The van der Waals surface area contributed by atoms with E-state index >= 15 is 0 Å². The van der Waals surface area contributed by atoms with E-state index in [1.165, 1.54) is 32.1 Å². The predicted octanol–water partition coefficient (Wildman–Crippen LogP) is 3.77. The smallest absolute Gasteiger partial charge is 0.232 e. The first-order valence-electron chi connectivity index (χ1n) is 8.29. The van der Waals surface area contributed by atoms with Gasteiger partial charge >= 0.3 is 0 Å². The summed E-state index contributed by atoms with van der Waals surface area (Å²) in [5.41, 5.74) is 0. The summed E-state index contributed by atoms with van der Waals surface area (Å²) in [5.74, 6) is 2.90. The highest BCUT2D eigenvalue weighted by atomic mass is 16.5. The summed E-state index contributed by atoms with van der Waals surface area (Å²) in [6.07, 6.45) is 10.1. The number of aliphatic hydroxyl groups excluding tert-OH is 1. The van der Waals surface area contributed by atoms with E-state index in [2.05, 4.69) is 17.1 Å². The monoisotopic (exact) mass is 278 g/mol. The third-order valence-electron chi connectivity index (χ3n) is 5.23. The molecule has 2 saturated carbocycles. The summed E-state index contributed by atoms with van der Waals surface area (Å²) in [4.78, 5) is 4.64. The molecule has 112 valence electrons. The Hall–Kier alpha value is -0.900. The second kappa shape index (κ2) is 6.25. The van der Waals surface area contributed by atoms with Gasteiger partial charge in [0.15, 0.2) is 5.82 Å². The molecule has 20 heavy (non-hydrogen) atoms. The lowest BCUT2D eigenvalue weighted by atomic mass is 9.80. The van der Waals surface area contributed by atoms with Crippen molar-refractivity contribution in [2.45, 2.75) is 82.7 Å². The molecule has 2 aliphatic rings. The van der Waals surface area contributed by atoms with Crippen LogP contribution in [0.2, 0.25) is 0 Å². The molecule has 0 amide bonds. The quantitative estimate of drug-likeness (QED) is 0.914. The van der Waals surface area contributed by atoms with Crippen molar-refractivity contribution in [1.29, 1.82) is 0 Å². The first-order chi connectivity index (χ1) is 9.78. The fraction of sp³-hybridized carbons (Fsp3) is 0.875. The Morgan fingerprint density at radius 2 is 2.00 bits per heavy atom. The standard InChI is InChI=1S/C16H26N2O2/c1-2-11-6-5-7-12(10-11)15-17-16(20-18-15)13-8-3-4-9-14(13)19/h11-14,19H,2-10H2,1H3. The van der Waals surface area contributed by atoms with Gasteiger partial charge in [0.25, 0.3) is 0 Å². The molecule has 0 radical (unpaired) electrons. The zero-order valence-electron chi connectivity index (χ0n) is 12.4. The zero-order chi connectivity index (χ0) is 13.9. The molecule has 1 heterocycles. The van der Waals surface area contributed by atoms with Crippen molar-refractivity contribution in [2.24, 2.45) is 5.92 Å². The zero-order valence-corrected chi connectivity index (χ0v) is 12.4. The Labute approximate surface area is 121 Å². The van der Waals surface area contributed by atoms with Gasteiger partial charge in [-0.15, -0.1) is 0 Å². The average molecular weight is 278 g/mol. The largest absolute Gasteiger partial charge is 0.392 e. The van der Waals surface area contributed by atoms with Crippen LogP contribution in [-0.2, 0) is 0 Å². The van der Waals surface area contributed by atoms with Gasteiger partial charge in [0, 0.05) is 5.92 Å². The molecule has 4 atom stereocenters. The number of hydrogen-bond acceptors (Lipinski definition) is 4. The summed E-state index contributed by atoms with van der Waals surface area (Å²) >= 11 is 0. The van der Waals surface area contributed by atoms with Crippen LogP contribution in [0.1, 0.15) is 88.3 Å². The second-order valence-corrected chi connectivity index (χ2v) is 6.59. The molecule has 0 bridgehead atoms. The molecule has 1 aromatic heterocycles. The van der Waals surface area contributed by atoms with Crippen molar-refractivity contribution >= 4 is 0 Å². The van der Waals surface area contributed by atoms with Crippen molar-refractivity contribution < 1.29 is 9.63 Å². The fourth-order valence-electron chi connectivity index (χ4n) is 3.86. The van der Waals surface area contributed by atoms with Gasteiger partial charge in [-0.25, -0.2) is 0 Å². The normalized spacial score (nSPS) is 35.1. The van der Waals surface area contributed by atoms with E-state index in [1.807, 2.05) is 0 Å². The van der Waals surface area contributed by atoms with E-state index < -0.39 is 0 Å². The molecule has 1 N–H and O–H groups in total. The molecule has 0 spiro atoms. The molecule has 3 rings (SSSR count). The molecule has 2 fully saturated rings. The fourth-order valence-corrected chi connectivity index (χ4v) is 3.86. The highest BCUT2D eigenvalue weighted by molar-refractivity contribution is 5.03. The van der Waals surface area contributed by atoms with Gasteiger partial charge in [-0.1, -0.05) is 44.2 Å². The van der Waals surface area contributed by atoms with Crippen molar-refractivity contribution in [2.75, 3.05) is 0 Å². The van der Waals surface area contributed by atoms with E-state index in [9.17, 15) is 5.11 Å². The second-order valence-electron chi connectivity index (χ2n) is 6.59. The lowest BCUT2D eigenvalue weighted by Crippen LogP contribution is -2.23. The van der Waals surface area contributed by atoms with Crippen molar-refractivity contribution in [3.8, 4) is 0 Å². The van der Waals surface area contributed by atoms with E-state index in [0.29, 0.717) is 11.8 Å². The average Bonchev–Trinajstić information content (AvgIpc) is 2.97. The van der Waals surface area contributed by atoms with Crippen molar-refractivity contribution in [3.05, 3.63) is 11.7 Å². The minimum absolute atomic E-state index is 0.0653. The predicted molar refractivity (Wildman–Crippen MR) is 76.5 cm³/mol. The highest BCUT2D eigenvalue weighted by Gasteiger charge is 2.31. The minimum atomic E-state index is -0.299. The van der Waals surface area contributed by atoms with Gasteiger partial charge in [-0.2, -0.15) is 4.98 Å². The number of nitrogens with zero attached hydrogens (tertiary/aromatic N) is 2. The van der Waals surface area contributed by atoms with Crippen LogP contribution in [0.5, 0.6) is 0 Å². The molecule has 4 heteroatoms. The van der Waals surface area contributed by atoms with E-state index in [0.717, 1.165) is 37.4 Å². The van der Waals surface area contributed by atoms with E-state index in [1.54, 1.807) is 0 Å². The Kier molecular flexibility index (Phi) is 4.39. The maximum atomic E-state index is 10.1. The summed E-state index contributed by atoms with van der Waals surface area (Å²) in [6.45, 7) is 2.27. The molecule has 0 aliphatic heterocycles.